The van der Waals surface area contributed by atoms with E-state index < -0.39 is 23.4 Å². The van der Waals surface area contributed by atoms with Crippen molar-refractivity contribution >= 4 is 11.6 Å². The van der Waals surface area contributed by atoms with Crippen LogP contribution in [0.4, 0.5) is 18.9 Å². The van der Waals surface area contributed by atoms with Gasteiger partial charge in [0.15, 0.2) is 0 Å². The first-order valence-electron chi connectivity index (χ1n) is 5.82. The van der Waals surface area contributed by atoms with E-state index in [0.717, 1.165) is 12.1 Å². The summed E-state index contributed by atoms with van der Waals surface area (Å²) in [7, 11) is 0. The maximum atomic E-state index is 12.9. The molecule has 1 amide bonds. The van der Waals surface area contributed by atoms with Crippen LogP contribution >= 0.6 is 0 Å². The topological polar surface area (TPSA) is 78.3 Å². The number of carbonyl (C=O) groups excluding carboxylic acids is 1. The summed E-state index contributed by atoms with van der Waals surface area (Å²) in [6.07, 6.45) is -4.58. The Bertz CT molecular complexity index is 684. The van der Waals surface area contributed by atoms with Crippen molar-refractivity contribution in [2.45, 2.75) is 6.18 Å². The molecule has 0 atom stereocenters. The first-order valence-corrected chi connectivity index (χ1v) is 5.82. The molecule has 0 saturated carbocycles. The molecule has 0 saturated heterocycles. The molecule has 0 bridgehead atoms. The van der Waals surface area contributed by atoms with Gasteiger partial charge in [0.25, 0.3) is 5.91 Å². The third-order valence-electron chi connectivity index (χ3n) is 2.68. The summed E-state index contributed by atoms with van der Waals surface area (Å²) >= 11 is 0. The van der Waals surface area contributed by atoms with E-state index in [1.54, 1.807) is 0 Å². The summed E-state index contributed by atoms with van der Waals surface area (Å²) in [5.41, 5.74) is 9.94. The van der Waals surface area contributed by atoms with E-state index in [4.69, 9.17) is 16.2 Å². The lowest BCUT2D eigenvalue weighted by molar-refractivity contribution is -0.138. The number of para-hydroxylation sites is 1. The van der Waals surface area contributed by atoms with Crippen molar-refractivity contribution in [2.75, 3.05) is 5.73 Å². The lowest BCUT2D eigenvalue weighted by Gasteiger charge is -2.15. The Morgan fingerprint density at radius 3 is 2.33 bits per heavy atom. The van der Waals surface area contributed by atoms with Gasteiger partial charge in [-0.15, -0.1) is 0 Å². The van der Waals surface area contributed by atoms with E-state index in [9.17, 15) is 18.0 Å². The summed E-state index contributed by atoms with van der Waals surface area (Å²) in [6, 6.07) is 8.60. The second-order valence-electron chi connectivity index (χ2n) is 4.22. The molecule has 2 aromatic rings. The first-order chi connectivity index (χ1) is 9.79. The smallest absolute Gasteiger partial charge is 0.419 e. The predicted molar refractivity (Wildman–Crippen MR) is 70.9 cm³/mol. The Hall–Kier alpha value is -2.70. The number of hydrogen-bond donors (Lipinski definition) is 2. The Balaban J connectivity index is 2.49. The van der Waals surface area contributed by atoms with Crippen molar-refractivity contribution in [1.29, 1.82) is 0 Å². The van der Waals surface area contributed by atoms with Crippen LogP contribution in [0.1, 0.15) is 15.9 Å². The van der Waals surface area contributed by atoms with Crippen molar-refractivity contribution in [3.8, 4) is 11.5 Å². The normalized spacial score (nSPS) is 11.2. The lowest BCUT2D eigenvalue weighted by Crippen LogP contribution is -2.13. The molecule has 0 radical (unpaired) electrons. The largest absolute Gasteiger partial charge is 0.456 e. The SMILES string of the molecule is NC(=O)c1ccc(N)cc1Oc1ccccc1C(F)(F)F. The van der Waals surface area contributed by atoms with Gasteiger partial charge in [-0.2, -0.15) is 13.2 Å². The summed E-state index contributed by atoms with van der Waals surface area (Å²) in [5, 5.41) is 0. The number of primary amides is 1. The van der Waals surface area contributed by atoms with Crippen LogP contribution < -0.4 is 16.2 Å². The Morgan fingerprint density at radius 1 is 1.05 bits per heavy atom. The fourth-order valence-corrected chi connectivity index (χ4v) is 1.74. The van der Waals surface area contributed by atoms with Gasteiger partial charge in [0.05, 0.1) is 11.1 Å². The highest BCUT2D eigenvalue weighted by Gasteiger charge is 2.34. The average molecular weight is 296 g/mol. The van der Waals surface area contributed by atoms with E-state index in [2.05, 4.69) is 0 Å². The number of alkyl halides is 3. The van der Waals surface area contributed by atoms with E-state index in [1.807, 2.05) is 0 Å². The van der Waals surface area contributed by atoms with Gasteiger partial charge in [-0.3, -0.25) is 4.79 Å². The van der Waals surface area contributed by atoms with Gasteiger partial charge in [0.2, 0.25) is 0 Å². The number of amides is 1. The molecule has 4 N–H and O–H groups in total. The number of carbonyl (C=O) groups is 1. The standard InChI is InChI=1S/C14H11F3N2O2/c15-14(16,17)10-3-1-2-4-11(10)21-12-7-8(18)5-6-9(12)13(19)20/h1-7H,18H2,(H2,19,20). The molecule has 0 unspecified atom stereocenters. The monoisotopic (exact) mass is 296 g/mol. The van der Waals surface area contributed by atoms with E-state index >= 15 is 0 Å². The zero-order valence-corrected chi connectivity index (χ0v) is 10.6. The summed E-state index contributed by atoms with van der Waals surface area (Å²) < 4.78 is 43.9. The minimum Gasteiger partial charge on any atom is -0.456 e. The number of rotatable bonds is 3. The molecule has 0 spiro atoms. The van der Waals surface area contributed by atoms with Crippen LogP contribution in [0.2, 0.25) is 0 Å². The maximum absolute atomic E-state index is 12.9. The fourth-order valence-electron chi connectivity index (χ4n) is 1.74. The highest BCUT2D eigenvalue weighted by Crippen LogP contribution is 2.38. The van der Waals surface area contributed by atoms with Crippen molar-refractivity contribution in [1.82, 2.24) is 0 Å². The van der Waals surface area contributed by atoms with Crippen LogP contribution in [0.5, 0.6) is 11.5 Å². The van der Waals surface area contributed by atoms with Gasteiger partial charge in [0, 0.05) is 11.8 Å². The fraction of sp³-hybridized carbons (Fsp3) is 0.0714. The number of nitrogens with two attached hydrogens (primary N) is 2. The van der Waals surface area contributed by atoms with Crippen LogP contribution in [0.15, 0.2) is 42.5 Å². The van der Waals surface area contributed by atoms with Crippen LogP contribution in [-0.2, 0) is 6.18 Å². The molecular formula is C14H11F3N2O2. The lowest BCUT2D eigenvalue weighted by atomic mass is 10.1. The summed E-state index contributed by atoms with van der Waals surface area (Å²) in [6.45, 7) is 0. The Morgan fingerprint density at radius 2 is 1.71 bits per heavy atom. The van der Waals surface area contributed by atoms with Gasteiger partial charge in [-0.05, 0) is 24.3 Å². The zero-order chi connectivity index (χ0) is 15.6. The number of benzene rings is 2. The highest BCUT2D eigenvalue weighted by atomic mass is 19.4. The van der Waals surface area contributed by atoms with Gasteiger partial charge in [0.1, 0.15) is 11.5 Å². The maximum Gasteiger partial charge on any atom is 0.419 e. The molecule has 7 heteroatoms. The Labute approximate surface area is 118 Å². The summed E-state index contributed by atoms with van der Waals surface area (Å²) in [5.74, 6) is -1.38. The van der Waals surface area contributed by atoms with Gasteiger partial charge >= 0.3 is 6.18 Å². The number of halogens is 3. The van der Waals surface area contributed by atoms with E-state index in [0.29, 0.717) is 0 Å². The quantitative estimate of drug-likeness (QED) is 0.854. The molecule has 2 rings (SSSR count). The molecule has 0 fully saturated rings. The molecule has 2 aromatic carbocycles. The average Bonchev–Trinajstić information content (AvgIpc) is 2.37. The van der Waals surface area contributed by atoms with Crippen LogP contribution in [0.25, 0.3) is 0 Å². The molecule has 21 heavy (non-hydrogen) atoms. The van der Waals surface area contributed by atoms with Crippen molar-refractivity contribution < 1.29 is 22.7 Å². The zero-order valence-electron chi connectivity index (χ0n) is 10.6. The highest BCUT2D eigenvalue weighted by molar-refractivity contribution is 5.96. The number of nitrogen functional groups attached to an aromatic ring is 1. The third-order valence-corrected chi connectivity index (χ3v) is 2.68. The molecule has 0 aliphatic rings. The van der Waals surface area contributed by atoms with Crippen molar-refractivity contribution in [3.63, 3.8) is 0 Å². The van der Waals surface area contributed by atoms with Crippen molar-refractivity contribution in [3.05, 3.63) is 53.6 Å². The van der Waals surface area contributed by atoms with Crippen LogP contribution in [0, 0.1) is 0 Å². The van der Waals surface area contributed by atoms with E-state index in [-0.39, 0.29) is 17.0 Å². The third kappa shape index (κ3) is 3.25. The van der Waals surface area contributed by atoms with Crippen LogP contribution in [-0.4, -0.2) is 5.91 Å². The van der Waals surface area contributed by atoms with Gasteiger partial charge < -0.3 is 16.2 Å². The molecule has 4 nitrogen and oxygen atoms in total. The molecule has 0 heterocycles. The molecule has 0 aliphatic carbocycles. The minimum atomic E-state index is -4.58. The second kappa shape index (κ2) is 5.35. The molecular weight excluding hydrogens is 285 g/mol. The summed E-state index contributed by atoms with van der Waals surface area (Å²) in [4.78, 5) is 11.3. The first kappa shape index (κ1) is 14.7. The van der Waals surface area contributed by atoms with Crippen molar-refractivity contribution in [2.24, 2.45) is 5.73 Å². The molecule has 0 aliphatic heterocycles. The number of ether oxygens (including phenoxy) is 1. The molecule has 0 aromatic heterocycles. The van der Waals surface area contributed by atoms with Gasteiger partial charge in [-0.1, -0.05) is 12.1 Å². The minimum absolute atomic E-state index is 0.0545. The number of anilines is 1. The van der Waals surface area contributed by atoms with Gasteiger partial charge in [-0.25, -0.2) is 0 Å². The van der Waals surface area contributed by atoms with E-state index in [1.165, 1.54) is 30.3 Å². The number of hydrogen-bond acceptors (Lipinski definition) is 3. The van der Waals surface area contributed by atoms with Crippen LogP contribution in [0.3, 0.4) is 0 Å². The Kier molecular flexibility index (Phi) is 3.75. The second-order valence-corrected chi connectivity index (χ2v) is 4.22. The molecule has 110 valence electrons. The predicted octanol–water partition coefficient (Wildman–Crippen LogP) is 3.18.